The number of aliphatic hydroxyl groups excluding tert-OH is 1. The van der Waals surface area contributed by atoms with E-state index in [-0.39, 0.29) is 18.7 Å². The number of amides is 4. The van der Waals surface area contributed by atoms with Gasteiger partial charge in [0.1, 0.15) is 0 Å². The minimum Gasteiger partial charge on any atom is -0.394 e. The molecule has 2 saturated heterocycles. The van der Waals surface area contributed by atoms with Crippen molar-refractivity contribution in [2.45, 2.75) is 45.6 Å². The monoisotopic (exact) mass is 374 g/mol. The molecule has 4 amide bonds. The number of rotatable bonds is 5. The van der Waals surface area contributed by atoms with Crippen molar-refractivity contribution in [2.75, 3.05) is 36.5 Å². The van der Waals surface area contributed by atoms with Crippen LogP contribution >= 0.6 is 0 Å². The highest BCUT2D eigenvalue weighted by molar-refractivity contribution is 5.95. The molecular formula is C20H30N4O3. The van der Waals surface area contributed by atoms with Gasteiger partial charge in [0.2, 0.25) is 0 Å². The lowest BCUT2D eigenvalue weighted by Crippen LogP contribution is -2.52. The van der Waals surface area contributed by atoms with Gasteiger partial charge in [0.05, 0.1) is 12.1 Å². The van der Waals surface area contributed by atoms with E-state index in [4.69, 9.17) is 0 Å². The Kier molecular flexibility index (Phi) is 5.60. The van der Waals surface area contributed by atoms with Crippen molar-refractivity contribution in [3.05, 3.63) is 23.8 Å². The van der Waals surface area contributed by atoms with Gasteiger partial charge in [-0.2, -0.15) is 0 Å². The molecule has 0 aromatic heterocycles. The quantitative estimate of drug-likeness (QED) is 0.741. The molecule has 2 aliphatic heterocycles. The van der Waals surface area contributed by atoms with Gasteiger partial charge in [0.25, 0.3) is 0 Å². The Labute approximate surface area is 160 Å². The summed E-state index contributed by atoms with van der Waals surface area (Å²) >= 11 is 0. The van der Waals surface area contributed by atoms with E-state index in [1.54, 1.807) is 9.80 Å². The van der Waals surface area contributed by atoms with E-state index >= 15 is 0 Å². The normalized spacial score (nSPS) is 22.5. The lowest BCUT2D eigenvalue weighted by molar-refractivity contribution is 0.0728. The van der Waals surface area contributed by atoms with Crippen LogP contribution in [0.15, 0.2) is 18.2 Å². The van der Waals surface area contributed by atoms with Crippen LogP contribution in [0.5, 0.6) is 0 Å². The molecule has 0 saturated carbocycles. The van der Waals surface area contributed by atoms with Gasteiger partial charge in [0, 0.05) is 31.0 Å². The lowest BCUT2D eigenvalue weighted by Gasteiger charge is -2.38. The zero-order chi connectivity index (χ0) is 19.6. The summed E-state index contributed by atoms with van der Waals surface area (Å²) in [5, 5.41) is 15.8. The molecule has 7 heteroatoms. The highest BCUT2D eigenvalue weighted by atomic mass is 16.3. The fourth-order valence-electron chi connectivity index (χ4n) is 4.31. The first-order valence-electron chi connectivity index (χ1n) is 9.72. The Hall–Kier alpha value is -2.28. The lowest BCUT2D eigenvalue weighted by atomic mass is 9.87. The number of hydrogen-bond acceptors (Lipinski definition) is 3. The summed E-state index contributed by atoms with van der Waals surface area (Å²) in [6.45, 7) is 8.08. The number of aryl methyl sites for hydroxylation is 1. The van der Waals surface area contributed by atoms with Gasteiger partial charge in [-0.3, -0.25) is 4.90 Å². The first-order chi connectivity index (χ1) is 12.9. The van der Waals surface area contributed by atoms with Crippen molar-refractivity contribution in [3.63, 3.8) is 0 Å². The summed E-state index contributed by atoms with van der Waals surface area (Å²) < 4.78 is 0. The number of anilines is 2. The Balaban J connectivity index is 1.74. The van der Waals surface area contributed by atoms with E-state index in [9.17, 15) is 14.7 Å². The van der Waals surface area contributed by atoms with Crippen LogP contribution in [0.25, 0.3) is 0 Å². The van der Waals surface area contributed by atoms with Crippen LogP contribution in [0.2, 0.25) is 0 Å². The molecule has 0 bridgehead atoms. The Bertz CT molecular complexity index is 721. The molecule has 0 aliphatic carbocycles. The average molecular weight is 374 g/mol. The molecule has 3 N–H and O–H groups in total. The third-order valence-electron chi connectivity index (χ3n) is 5.54. The number of urea groups is 2. The Morgan fingerprint density at radius 2 is 2.15 bits per heavy atom. The van der Waals surface area contributed by atoms with Crippen molar-refractivity contribution in [3.8, 4) is 0 Å². The fraction of sp³-hybridized carbons (Fsp3) is 0.600. The number of carbonyl (C=O) groups is 2. The Morgan fingerprint density at radius 1 is 1.37 bits per heavy atom. The number of nitrogens with zero attached hydrogens (tertiary/aromatic N) is 2. The number of carbonyl (C=O) groups excluding carboxylic acids is 2. The summed E-state index contributed by atoms with van der Waals surface area (Å²) in [5.74, 6) is 0.401. The van der Waals surface area contributed by atoms with Gasteiger partial charge in [-0.1, -0.05) is 13.8 Å². The molecule has 3 rings (SSSR count). The topological polar surface area (TPSA) is 84.9 Å². The van der Waals surface area contributed by atoms with Crippen LogP contribution in [0, 0.1) is 12.8 Å². The highest BCUT2D eigenvalue weighted by Crippen LogP contribution is 2.35. The van der Waals surface area contributed by atoms with E-state index in [0.717, 1.165) is 36.2 Å². The largest absolute Gasteiger partial charge is 0.394 e. The smallest absolute Gasteiger partial charge is 0.322 e. The molecule has 0 spiro atoms. The SMILES string of the molecule is Cc1cc(N2CCNC2=O)ccc1NC(=O)N1CCCC1(CO)CC(C)C. The molecule has 1 aromatic rings. The first kappa shape index (κ1) is 19.5. The van der Waals surface area contributed by atoms with Crippen molar-refractivity contribution in [1.82, 2.24) is 10.2 Å². The van der Waals surface area contributed by atoms with Gasteiger partial charge in [-0.15, -0.1) is 0 Å². The summed E-state index contributed by atoms with van der Waals surface area (Å²) in [6, 6.07) is 5.34. The molecule has 2 heterocycles. The number of nitrogens with one attached hydrogen (secondary N) is 2. The van der Waals surface area contributed by atoms with Crippen LogP contribution in [0.3, 0.4) is 0 Å². The maximum Gasteiger partial charge on any atom is 0.322 e. The first-order valence-corrected chi connectivity index (χ1v) is 9.72. The van der Waals surface area contributed by atoms with E-state index in [0.29, 0.717) is 25.6 Å². The molecule has 0 radical (unpaired) electrons. The van der Waals surface area contributed by atoms with Crippen LogP contribution < -0.4 is 15.5 Å². The maximum atomic E-state index is 12.9. The number of hydrogen-bond donors (Lipinski definition) is 3. The second kappa shape index (κ2) is 7.76. The fourth-order valence-corrected chi connectivity index (χ4v) is 4.31. The molecule has 7 nitrogen and oxygen atoms in total. The van der Waals surface area contributed by atoms with Gasteiger partial charge >= 0.3 is 12.1 Å². The number of aliphatic hydroxyl groups is 1. The molecule has 1 aromatic carbocycles. The van der Waals surface area contributed by atoms with E-state index < -0.39 is 5.54 Å². The van der Waals surface area contributed by atoms with Crippen LogP contribution in [-0.4, -0.2) is 53.8 Å². The van der Waals surface area contributed by atoms with E-state index in [1.165, 1.54) is 0 Å². The van der Waals surface area contributed by atoms with Gasteiger partial charge < -0.3 is 20.6 Å². The number of likely N-dealkylation sites (tertiary alicyclic amines) is 1. The molecular weight excluding hydrogens is 344 g/mol. The highest BCUT2D eigenvalue weighted by Gasteiger charge is 2.43. The molecule has 2 fully saturated rings. The maximum absolute atomic E-state index is 12.9. The van der Waals surface area contributed by atoms with Crippen molar-refractivity contribution in [2.24, 2.45) is 5.92 Å². The Morgan fingerprint density at radius 3 is 2.74 bits per heavy atom. The summed E-state index contributed by atoms with van der Waals surface area (Å²) in [6.07, 6.45) is 2.53. The third kappa shape index (κ3) is 3.88. The predicted octanol–water partition coefficient (Wildman–Crippen LogP) is 2.93. The van der Waals surface area contributed by atoms with Crippen molar-refractivity contribution >= 4 is 23.4 Å². The van der Waals surface area contributed by atoms with E-state index in [2.05, 4.69) is 24.5 Å². The third-order valence-corrected chi connectivity index (χ3v) is 5.54. The van der Waals surface area contributed by atoms with Gasteiger partial charge in [-0.25, -0.2) is 9.59 Å². The summed E-state index contributed by atoms with van der Waals surface area (Å²) in [7, 11) is 0. The number of benzene rings is 1. The zero-order valence-corrected chi connectivity index (χ0v) is 16.4. The second-order valence-electron chi connectivity index (χ2n) is 8.05. The predicted molar refractivity (Wildman–Crippen MR) is 106 cm³/mol. The minimum atomic E-state index is -0.472. The van der Waals surface area contributed by atoms with E-state index in [1.807, 2.05) is 25.1 Å². The van der Waals surface area contributed by atoms with Crippen LogP contribution in [0.4, 0.5) is 21.0 Å². The average Bonchev–Trinajstić information content (AvgIpc) is 3.23. The second-order valence-corrected chi connectivity index (χ2v) is 8.05. The van der Waals surface area contributed by atoms with Gasteiger partial charge in [-0.05, 0) is 55.9 Å². The summed E-state index contributed by atoms with van der Waals surface area (Å²) in [4.78, 5) is 28.3. The summed E-state index contributed by atoms with van der Waals surface area (Å²) in [5.41, 5.74) is 1.98. The zero-order valence-electron chi connectivity index (χ0n) is 16.4. The molecule has 1 unspecified atom stereocenters. The molecule has 27 heavy (non-hydrogen) atoms. The molecule has 2 aliphatic rings. The van der Waals surface area contributed by atoms with Crippen molar-refractivity contribution in [1.29, 1.82) is 0 Å². The molecule has 148 valence electrons. The van der Waals surface area contributed by atoms with Gasteiger partial charge in [0.15, 0.2) is 0 Å². The molecule has 1 atom stereocenters. The van der Waals surface area contributed by atoms with Crippen molar-refractivity contribution < 1.29 is 14.7 Å². The standard InChI is InChI=1S/C20H30N4O3/c1-14(2)12-20(13-25)7-4-9-24(20)19(27)22-17-6-5-16(11-15(17)3)23-10-8-21-18(23)26/h5-6,11,14,25H,4,7-10,12-13H2,1-3H3,(H,21,26)(H,22,27). The van der Waals surface area contributed by atoms with Crippen LogP contribution in [-0.2, 0) is 0 Å². The minimum absolute atomic E-state index is 0.0133. The van der Waals surface area contributed by atoms with Crippen LogP contribution in [0.1, 0.15) is 38.7 Å².